The molecule has 0 aliphatic rings. The Morgan fingerprint density at radius 1 is 1.21 bits per heavy atom. The second-order valence-corrected chi connectivity index (χ2v) is 11.9. The van der Waals surface area contributed by atoms with Crippen LogP contribution in [-0.4, -0.2) is 28.0 Å². The Bertz CT molecular complexity index is 1330. The van der Waals surface area contributed by atoms with Crippen LogP contribution in [0.5, 0.6) is 5.75 Å². The van der Waals surface area contributed by atoms with E-state index in [-0.39, 0.29) is 17.7 Å². The number of aliphatic imine (C=N–C) groups is 1. The molecule has 2 N–H and O–H groups in total. The van der Waals surface area contributed by atoms with Gasteiger partial charge in [0.25, 0.3) is 0 Å². The molecule has 33 heavy (non-hydrogen) atoms. The quantitative estimate of drug-likeness (QED) is 0.125. The summed E-state index contributed by atoms with van der Waals surface area (Å²) in [5.74, 6) is 0.525. The number of nitrogens with one attached hydrogen (secondary N) is 1. The fraction of sp³-hybridized carbons (Fsp3) is 0.125. The van der Waals surface area contributed by atoms with E-state index in [9.17, 15) is 9.90 Å². The average Bonchev–Trinajstić information content (AvgIpc) is 3.22. The molecular formula is C24H19I2N3O2S2. The number of benzene rings is 3. The van der Waals surface area contributed by atoms with Crippen molar-refractivity contribution in [1.82, 2.24) is 10.3 Å². The van der Waals surface area contributed by atoms with Gasteiger partial charge in [0.05, 0.1) is 31.3 Å². The van der Waals surface area contributed by atoms with Gasteiger partial charge in [0.1, 0.15) is 5.75 Å². The topological polar surface area (TPSA) is 74.6 Å². The lowest BCUT2D eigenvalue weighted by atomic mass is 10.1. The van der Waals surface area contributed by atoms with Crippen LogP contribution in [0.3, 0.4) is 0 Å². The minimum absolute atomic E-state index is 0.0205. The summed E-state index contributed by atoms with van der Waals surface area (Å²) in [6, 6.07) is 19.5. The van der Waals surface area contributed by atoms with Crippen LogP contribution in [0.1, 0.15) is 24.1 Å². The number of carbonyl (C=O) groups excluding carboxylic acids is 1. The zero-order chi connectivity index (χ0) is 23.4. The maximum absolute atomic E-state index is 12.4. The van der Waals surface area contributed by atoms with Crippen LogP contribution in [0.25, 0.3) is 10.2 Å². The molecule has 168 valence electrons. The van der Waals surface area contributed by atoms with E-state index in [0.717, 1.165) is 32.9 Å². The lowest BCUT2D eigenvalue weighted by Crippen LogP contribution is -2.28. The highest BCUT2D eigenvalue weighted by Crippen LogP contribution is 2.32. The number of aromatic hydroxyl groups is 1. The monoisotopic (exact) mass is 699 g/mol. The molecule has 0 saturated carbocycles. The number of halogens is 2. The number of rotatable bonds is 7. The molecule has 1 aromatic heterocycles. The summed E-state index contributed by atoms with van der Waals surface area (Å²) < 4.78 is 3.69. The van der Waals surface area contributed by atoms with Gasteiger partial charge in [0, 0.05) is 15.3 Å². The third-order valence-electron chi connectivity index (χ3n) is 4.77. The third-order valence-corrected chi connectivity index (χ3v) is 8.37. The number of phenols is 1. The maximum Gasteiger partial charge on any atom is 0.230 e. The molecule has 0 fully saturated rings. The first-order valence-corrected chi connectivity index (χ1v) is 13.9. The molecule has 4 rings (SSSR count). The SMILES string of the molecule is C[C@H](NC(=O)CSc1nc2ccc(N=Cc3cc(I)cc(I)c3O)cc2s1)c1ccccc1. The van der Waals surface area contributed by atoms with E-state index >= 15 is 0 Å². The van der Waals surface area contributed by atoms with Crippen molar-refractivity contribution in [3.63, 3.8) is 0 Å². The van der Waals surface area contributed by atoms with Crippen molar-refractivity contribution in [2.75, 3.05) is 5.75 Å². The molecule has 9 heteroatoms. The number of aromatic nitrogens is 1. The number of thiazole rings is 1. The van der Waals surface area contributed by atoms with Gasteiger partial charge in [-0.2, -0.15) is 0 Å². The van der Waals surface area contributed by atoms with Crippen molar-refractivity contribution in [3.8, 4) is 5.75 Å². The van der Waals surface area contributed by atoms with E-state index in [1.54, 1.807) is 17.6 Å². The van der Waals surface area contributed by atoms with E-state index in [4.69, 9.17) is 0 Å². The summed E-state index contributed by atoms with van der Waals surface area (Å²) in [5, 5.41) is 13.3. The first-order valence-electron chi connectivity index (χ1n) is 9.99. The maximum atomic E-state index is 12.4. The van der Waals surface area contributed by atoms with E-state index in [1.165, 1.54) is 11.8 Å². The van der Waals surface area contributed by atoms with Crippen molar-refractivity contribution in [2.24, 2.45) is 4.99 Å². The fourth-order valence-corrected chi connectivity index (χ4v) is 6.90. The Labute approximate surface area is 227 Å². The van der Waals surface area contributed by atoms with Crippen molar-refractivity contribution in [1.29, 1.82) is 0 Å². The first kappa shape index (κ1) is 24.4. The predicted octanol–water partition coefficient (Wildman–Crippen LogP) is 6.93. The zero-order valence-electron chi connectivity index (χ0n) is 17.5. The van der Waals surface area contributed by atoms with Gasteiger partial charge in [-0.05, 0) is 88.0 Å². The number of fused-ring (bicyclic) bond motifs is 1. The lowest BCUT2D eigenvalue weighted by molar-refractivity contribution is -0.119. The van der Waals surface area contributed by atoms with Crippen LogP contribution in [0.15, 0.2) is 70.0 Å². The molecule has 0 aliphatic carbocycles. The lowest BCUT2D eigenvalue weighted by Gasteiger charge is -2.13. The number of hydrogen-bond donors (Lipinski definition) is 2. The Hall–Kier alpha value is -1.70. The number of thioether (sulfide) groups is 1. The van der Waals surface area contributed by atoms with Gasteiger partial charge in [0.15, 0.2) is 4.34 Å². The highest BCUT2D eigenvalue weighted by atomic mass is 127. The first-order chi connectivity index (χ1) is 15.9. The molecule has 3 aromatic carbocycles. The summed E-state index contributed by atoms with van der Waals surface area (Å²) in [6.07, 6.45) is 1.68. The fourth-order valence-electron chi connectivity index (χ4n) is 3.10. The second kappa shape index (κ2) is 11.2. The number of phenolic OH excluding ortho intramolecular Hbond substituents is 1. The van der Waals surface area contributed by atoms with Gasteiger partial charge >= 0.3 is 0 Å². The zero-order valence-corrected chi connectivity index (χ0v) is 23.4. The summed E-state index contributed by atoms with van der Waals surface area (Å²) in [7, 11) is 0. The molecule has 0 unspecified atom stereocenters. The smallest absolute Gasteiger partial charge is 0.230 e. The number of amides is 1. The van der Waals surface area contributed by atoms with Crippen molar-refractivity contribution in [2.45, 2.75) is 17.3 Å². The van der Waals surface area contributed by atoms with E-state index < -0.39 is 0 Å². The molecule has 1 atom stereocenters. The molecule has 4 aromatic rings. The van der Waals surface area contributed by atoms with Gasteiger partial charge in [-0.15, -0.1) is 11.3 Å². The minimum Gasteiger partial charge on any atom is -0.506 e. The molecule has 1 amide bonds. The van der Waals surface area contributed by atoms with E-state index in [2.05, 4.69) is 60.5 Å². The Kier molecular flexibility index (Phi) is 8.25. The van der Waals surface area contributed by atoms with Crippen LogP contribution < -0.4 is 5.32 Å². The van der Waals surface area contributed by atoms with Gasteiger partial charge in [-0.3, -0.25) is 9.79 Å². The molecular weight excluding hydrogens is 680 g/mol. The minimum atomic E-state index is -0.0364. The van der Waals surface area contributed by atoms with Crippen molar-refractivity contribution in [3.05, 3.63) is 78.9 Å². The van der Waals surface area contributed by atoms with Gasteiger partial charge in [0.2, 0.25) is 5.91 Å². The third kappa shape index (κ3) is 6.46. The van der Waals surface area contributed by atoms with E-state index in [0.29, 0.717) is 11.3 Å². The second-order valence-electron chi connectivity index (χ2n) is 7.20. The molecule has 1 heterocycles. The highest BCUT2D eigenvalue weighted by molar-refractivity contribution is 14.1. The van der Waals surface area contributed by atoms with Crippen LogP contribution >= 0.6 is 68.3 Å². The molecule has 5 nitrogen and oxygen atoms in total. The van der Waals surface area contributed by atoms with Crippen LogP contribution in [-0.2, 0) is 4.79 Å². The van der Waals surface area contributed by atoms with Crippen molar-refractivity contribution >= 4 is 96.3 Å². The largest absolute Gasteiger partial charge is 0.506 e. The summed E-state index contributed by atoms with van der Waals surface area (Å²) >= 11 is 7.31. The molecule has 0 bridgehead atoms. The van der Waals surface area contributed by atoms with Crippen LogP contribution in [0.4, 0.5) is 5.69 Å². The Morgan fingerprint density at radius 3 is 2.79 bits per heavy atom. The number of hydrogen-bond acceptors (Lipinski definition) is 6. The van der Waals surface area contributed by atoms with Crippen LogP contribution in [0.2, 0.25) is 0 Å². The predicted molar refractivity (Wildman–Crippen MR) is 154 cm³/mol. The molecule has 0 aliphatic heterocycles. The van der Waals surface area contributed by atoms with E-state index in [1.807, 2.05) is 67.6 Å². The Balaban J connectivity index is 1.40. The number of carbonyl (C=O) groups is 1. The summed E-state index contributed by atoms with van der Waals surface area (Å²) in [5.41, 5.74) is 3.43. The van der Waals surface area contributed by atoms with Crippen molar-refractivity contribution < 1.29 is 9.90 Å². The average molecular weight is 699 g/mol. The molecule has 0 radical (unpaired) electrons. The van der Waals surface area contributed by atoms with Gasteiger partial charge < -0.3 is 10.4 Å². The molecule has 0 saturated heterocycles. The molecule has 0 spiro atoms. The van der Waals surface area contributed by atoms with Gasteiger partial charge in [-0.1, -0.05) is 42.1 Å². The summed E-state index contributed by atoms with van der Waals surface area (Å²) in [4.78, 5) is 21.5. The Morgan fingerprint density at radius 2 is 2.00 bits per heavy atom. The normalized spacial score (nSPS) is 12.3. The van der Waals surface area contributed by atoms with Gasteiger partial charge in [-0.25, -0.2) is 4.98 Å². The summed E-state index contributed by atoms with van der Waals surface area (Å²) in [6.45, 7) is 1.98. The highest BCUT2D eigenvalue weighted by Gasteiger charge is 2.12. The standard InChI is InChI=1S/C24H19I2N3O2S2/c1-14(15-5-3-2-4-6-15)28-22(30)13-32-24-29-20-8-7-18(11-21(20)33-24)27-12-16-9-17(25)10-19(26)23(16)31/h2-12,14,31H,13H2,1H3,(H,28,30)/t14-/m0/s1. The van der Waals surface area contributed by atoms with Crippen LogP contribution in [0, 0.1) is 7.14 Å². The number of nitrogens with zero attached hydrogens (tertiary/aromatic N) is 2.